The zero-order valence-electron chi connectivity index (χ0n) is 15.2. The van der Waals surface area contributed by atoms with Gasteiger partial charge in [-0.05, 0) is 24.6 Å². The summed E-state index contributed by atoms with van der Waals surface area (Å²) >= 11 is 0. The molecule has 2 aromatic rings. The van der Waals surface area contributed by atoms with Gasteiger partial charge < -0.3 is 15.3 Å². The third-order valence-electron chi connectivity index (χ3n) is 2.99. The second-order valence-electron chi connectivity index (χ2n) is 4.80. The number of carbonyl (C=O) groups is 3. The molecule has 9 heteroatoms. The lowest BCUT2D eigenvalue weighted by atomic mass is 10.0. The number of rotatable bonds is 5. The van der Waals surface area contributed by atoms with Crippen molar-refractivity contribution in [3.8, 4) is 6.19 Å². The molecule has 9 nitrogen and oxygen atoms in total. The largest absolute Gasteiger partial charge is 0.478 e. The molecule has 0 radical (unpaired) electrons. The zero-order valence-corrected chi connectivity index (χ0v) is 15.2. The van der Waals surface area contributed by atoms with Gasteiger partial charge in [0.15, 0.2) is 6.19 Å². The number of aromatic carboxylic acids is 3. The molecule has 1 aromatic heterocycles. The Bertz CT molecular complexity index is 836. The van der Waals surface area contributed by atoms with E-state index in [0.717, 1.165) is 36.7 Å². The Morgan fingerprint density at radius 1 is 1.07 bits per heavy atom. The van der Waals surface area contributed by atoms with Gasteiger partial charge in [-0.1, -0.05) is 27.2 Å². The molecule has 0 aliphatic heterocycles. The van der Waals surface area contributed by atoms with Crippen molar-refractivity contribution in [1.82, 2.24) is 9.55 Å². The number of nitrogens with zero attached hydrogens (tertiary/aromatic N) is 3. The van der Waals surface area contributed by atoms with Crippen molar-refractivity contribution in [3.63, 3.8) is 0 Å². The first kappa shape index (κ1) is 23.3. The van der Waals surface area contributed by atoms with Gasteiger partial charge in [0.2, 0.25) is 0 Å². The summed E-state index contributed by atoms with van der Waals surface area (Å²) < 4.78 is 1.41. The normalized spacial score (nSPS) is 8.96. The van der Waals surface area contributed by atoms with Crippen LogP contribution in [0.1, 0.15) is 64.0 Å². The molecule has 2 rings (SSSR count). The van der Waals surface area contributed by atoms with E-state index in [2.05, 4.69) is 11.9 Å². The van der Waals surface area contributed by atoms with Crippen molar-refractivity contribution in [1.29, 1.82) is 5.26 Å². The summed E-state index contributed by atoms with van der Waals surface area (Å²) in [7, 11) is 0. The van der Waals surface area contributed by atoms with Gasteiger partial charge >= 0.3 is 17.9 Å². The van der Waals surface area contributed by atoms with E-state index >= 15 is 0 Å². The molecule has 0 bridgehead atoms. The average molecular weight is 375 g/mol. The highest BCUT2D eigenvalue weighted by atomic mass is 16.4. The predicted molar refractivity (Wildman–Crippen MR) is 95.9 cm³/mol. The first-order valence-electron chi connectivity index (χ1n) is 8.07. The van der Waals surface area contributed by atoms with Crippen molar-refractivity contribution >= 4 is 17.9 Å². The second-order valence-corrected chi connectivity index (χ2v) is 4.80. The monoisotopic (exact) mass is 375 g/mol. The highest BCUT2D eigenvalue weighted by Gasteiger charge is 2.17. The molecule has 0 saturated heterocycles. The lowest BCUT2D eigenvalue weighted by molar-refractivity contribution is 0.0649. The van der Waals surface area contributed by atoms with Crippen molar-refractivity contribution in [3.05, 3.63) is 53.1 Å². The number of carboxylic acid groups (broad SMARTS) is 3. The van der Waals surface area contributed by atoms with Gasteiger partial charge in [-0.3, -0.25) is 0 Å². The summed E-state index contributed by atoms with van der Waals surface area (Å²) in [6.07, 6.45) is 7.27. The molecule has 0 aliphatic rings. The summed E-state index contributed by atoms with van der Waals surface area (Å²) in [4.78, 5) is 35.8. The lowest BCUT2D eigenvalue weighted by Gasteiger charge is -2.02. The molecule has 0 amide bonds. The Morgan fingerprint density at radius 2 is 1.67 bits per heavy atom. The van der Waals surface area contributed by atoms with Crippen LogP contribution in [0.2, 0.25) is 0 Å². The van der Waals surface area contributed by atoms with Crippen molar-refractivity contribution in [2.45, 2.75) is 33.6 Å². The fraction of sp³-hybridized carbons (Fsp3) is 0.278. The van der Waals surface area contributed by atoms with E-state index in [9.17, 15) is 14.4 Å². The van der Waals surface area contributed by atoms with Crippen molar-refractivity contribution < 1.29 is 29.7 Å². The number of imidazole rings is 1. The number of benzene rings is 1. The molecule has 0 fully saturated rings. The zero-order chi connectivity index (χ0) is 21.0. The predicted octanol–water partition coefficient (Wildman–Crippen LogP) is 2.97. The van der Waals surface area contributed by atoms with Gasteiger partial charge in [-0.15, -0.1) is 0 Å². The van der Waals surface area contributed by atoms with E-state index < -0.39 is 29.0 Å². The fourth-order valence-corrected chi connectivity index (χ4v) is 1.84. The Labute approximate surface area is 156 Å². The Hall–Kier alpha value is -3.67. The third-order valence-corrected chi connectivity index (χ3v) is 2.99. The molecule has 3 N–H and O–H groups in total. The maximum atomic E-state index is 10.6. The van der Waals surface area contributed by atoms with Crippen LogP contribution in [-0.2, 0) is 6.42 Å². The van der Waals surface area contributed by atoms with Crippen LogP contribution in [0.25, 0.3) is 0 Å². The standard InChI is InChI=1S/C9H6O6.C7H9N3.C2H6/c10-7(11)4-1-2-5(8(12)13)6(3-4)9(14)15;1-2-3-7-4-10(5-8)6-9-7;1-2/h1-3H,(H,10,11)(H,12,13)(H,14,15);4,6H,2-3H2,1H3;1-2H3. The minimum absolute atomic E-state index is 0.266. The van der Waals surface area contributed by atoms with Crippen LogP contribution < -0.4 is 0 Å². The highest BCUT2D eigenvalue weighted by molar-refractivity contribution is 6.03. The number of hydrogen-bond acceptors (Lipinski definition) is 5. The van der Waals surface area contributed by atoms with Gasteiger partial charge in [0.1, 0.15) is 6.33 Å². The molecule has 0 unspecified atom stereocenters. The van der Waals surface area contributed by atoms with Crippen LogP contribution in [0.15, 0.2) is 30.7 Å². The molecular weight excluding hydrogens is 354 g/mol. The SMILES string of the molecule is CC.CCCc1cn(C#N)cn1.O=C(O)c1ccc(C(=O)O)c(C(=O)O)c1. The number of carboxylic acids is 3. The van der Waals surface area contributed by atoms with Gasteiger partial charge in [0.05, 0.1) is 22.4 Å². The molecule has 0 spiro atoms. The first-order valence-corrected chi connectivity index (χ1v) is 8.07. The highest BCUT2D eigenvalue weighted by Crippen LogP contribution is 2.12. The van der Waals surface area contributed by atoms with E-state index in [0.29, 0.717) is 0 Å². The summed E-state index contributed by atoms with van der Waals surface area (Å²) in [5.41, 5.74) is -0.253. The van der Waals surface area contributed by atoms with Gasteiger partial charge in [-0.2, -0.15) is 5.26 Å². The molecule has 27 heavy (non-hydrogen) atoms. The molecular formula is C18H21N3O6. The number of hydrogen-bond donors (Lipinski definition) is 3. The van der Waals surface area contributed by atoms with E-state index in [1.54, 1.807) is 6.20 Å². The van der Waals surface area contributed by atoms with E-state index in [1.807, 2.05) is 20.0 Å². The summed E-state index contributed by atoms with van der Waals surface area (Å²) in [6.45, 7) is 6.09. The lowest BCUT2D eigenvalue weighted by Crippen LogP contribution is -2.10. The molecule has 1 aromatic carbocycles. The van der Waals surface area contributed by atoms with Crippen LogP contribution in [0.4, 0.5) is 0 Å². The minimum Gasteiger partial charge on any atom is -0.478 e. The average Bonchev–Trinajstić information content (AvgIpc) is 3.11. The minimum atomic E-state index is -1.48. The van der Waals surface area contributed by atoms with E-state index in [-0.39, 0.29) is 5.56 Å². The third kappa shape index (κ3) is 7.39. The molecule has 144 valence electrons. The summed E-state index contributed by atoms with van der Waals surface area (Å²) in [6, 6.07) is 2.81. The van der Waals surface area contributed by atoms with Crippen LogP contribution in [-0.4, -0.2) is 42.8 Å². The van der Waals surface area contributed by atoms with Gasteiger partial charge in [0, 0.05) is 6.20 Å². The van der Waals surface area contributed by atoms with Gasteiger partial charge in [0.25, 0.3) is 0 Å². The maximum Gasteiger partial charge on any atom is 0.336 e. The summed E-state index contributed by atoms with van der Waals surface area (Å²) in [5, 5.41) is 34.3. The van der Waals surface area contributed by atoms with Crippen molar-refractivity contribution in [2.24, 2.45) is 0 Å². The molecule has 1 heterocycles. The number of aromatic nitrogens is 2. The quantitative estimate of drug-likeness (QED) is 0.720. The van der Waals surface area contributed by atoms with Gasteiger partial charge in [-0.25, -0.2) is 23.9 Å². The van der Waals surface area contributed by atoms with E-state index in [1.165, 1.54) is 10.9 Å². The molecule has 0 saturated carbocycles. The Morgan fingerprint density at radius 3 is 2.07 bits per heavy atom. The second kappa shape index (κ2) is 11.8. The number of nitriles is 1. The summed E-state index contributed by atoms with van der Waals surface area (Å²) in [5.74, 6) is -4.20. The van der Waals surface area contributed by atoms with Crippen LogP contribution >= 0.6 is 0 Å². The maximum absolute atomic E-state index is 10.6. The number of aryl methyl sites for hydroxylation is 1. The molecule has 0 atom stereocenters. The topological polar surface area (TPSA) is 154 Å². The first-order chi connectivity index (χ1) is 12.8. The Balaban J connectivity index is 0.000000488. The van der Waals surface area contributed by atoms with Crippen molar-refractivity contribution in [2.75, 3.05) is 0 Å². The smallest absolute Gasteiger partial charge is 0.336 e. The van der Waals surface area contributed by atoms with Crippen LogP contribution in [0.5, 0.6) is 0 Å². The Kier molecular flexibility index (Phi) is 10.2. The van der Waals surface area contributed by atoms with E-state index in [4.69, 9.17) is 20.6 Å². The van der Waals surface area contributed by atoms with Crippen LogP contribution in [0, 0.1) is 11.5 Å². The fourth-order valence-electron chi connectivity index (χ4n) is 1.84. The van der Waals surface area contributed by atoms with Crippen LogP contribution in [0.3, 0.4) is 0 Å². The molecule has 0 aliphatic carbocycles.